The summed E-state index contributed by atoms with van der Waals surface area (Å²) in [6.07, 6.45) is -0.768. The molecule has 0 aliphatic carbocycles. The average molecular weight is 341 g/mol. The second-order valence-electron chi connectivity index (χ2n) is 6.20. The maximum atomic E-state index is 13.4. The molecule has 0 N–H and O–H groups in total. The molecule has 2 aromatic rings. The number of amides is 1. The first kappa shape index (κ1) is 17.8. The minimum Gasteiger partial charge on any atom is -0.624 e. The number of nitrogens with zero attached hydrogens (tertiary/aromatic N) is 1. The summed E-state index contributed by atoms with van der Waals surface area (Å²) in [5.41, 5.74) is 1.23. The number of hydroxylamine groups is 3. The number of hydrogen-bond donors (Lipinski definition) is 0. The highest BCUT2D eigenvalue weighted by Crippen LogP contribution is 2.44. The van der Waals surface area contributed by atoms with Crippen molar-refractivity contribution in [2.24, 2.45) is 0 Å². The maximum Gasteiger partial charge on any atom is 0.346 e. The summed E-state index contributed by atoms with van der Waals surface area (Å²) in [4.78, 5) is 12.9. The largest absolute Gasteiger partial charge is 0.624 e. The fraction of sp³-hybridized carbons (Fsp3) is 0.350. The van der Waals surface area contributed by atoms with Crippen molar-refractivity contribution in [1.82, 2.24) is 0 Å². The molecule has 0 bridgehead atoms. The van der Waals surface area contributed by atoms with Crippen LogP contribution in [0.1, 0.15) is 35.8 Å². The first-order chi connectivity index (χ1) is 12.1. The molecule has 1 saturated heterocycles. The molecule has 0 saturated carbocycles. The molecule has 3 rings (SSSR count). The normalized spacial score (nSPS) is 26.7. The van der Waals surface area contributed by atoms with Gasteiger partial charge in [0.25, 0.3) is 0 Å². The monoisotopic (exact) mass is 341 g/mol. The van der Waals surface area contributed by atoms with Crippen LogP contribution in [0.2, 0.25) is 0 Å². The van der Waals surface area contributed by atoms with E-state index in [9.17, 15) is 10.0 Å². The van der Waals surface area contributed by atoms with E-state index in [2.05, 4.69) is 0 Å². The van der Waals surface area contributed by atoms with Gasteiger partial charge in [0.2, 0.25) is 0 Å². The Morgan fingerprint density at radius 2 is 1.76 bits per heavy atom. The number of ether oxygens (including phenoxy) is 2. The van der Waals surface area contributed by atoms with E-state index in [1.54, 1.807) is 24.3 Å². The predicted octanol–water partition coefficient (Wildman–Crippen LogP) is 3.66. The molecular formula is C20H23NO4. The van der Waals surface area contributed by atoms with Crippen molar-refractivity contribution < 1.29 is 18.9 Å². The third kappa shape index (κ3) is 3.50. The number of quaternary nitrogens is 1. The molecule has 2 aromatic carbocycles. The third-order valence-corrected chi connectivity index (χ3v) is 4.53. The molecule has 5 heteroatoms. The zero-order valence-electron chi connectivity index (χ0n) is 14.5. The molecule has 1 heterocycles. The van der Waals surface area contributed by atoms with Crippen molar-refractivity contribution in [3.8, 4) is 0 Å². The summed E-state index contributed by atoms with van der Waals surface area (Å²) in [7, 11) is 0. The van der Waals surface area contributed by atoms with E-state index < -0.39 is 22.9 Å². The smallest absolute Gasteiger partial charge is 0.346 e. The van der Waals surface area contributed by atoms with Gasteiger partial charge in [-0.05, 0) is 26.0 Å². The molecule has 4 atom stereocenters. The minimum absolute atomic E-state index is 0.0880. The summed E-state index contributed by atoms with van der Waals surface area (Å²) in [6, 6.07) is 17.5. The first-order valence-corrected chi connectivity index (χ1v) is 8.57. The number of carbonyl (C=O) groups excluding carboxylic acids is 1. The molecule has 0 radical (unpaired) electrons. The highest BCUT2D eigenvalue weighted by molar-refractivity contribution is 5.89. The van der Waals surface area contributed by atoms with Crippen molar-refractivity contribution in [2.45, 2.75) is 32.3 Å². The molecule has 0 aromatic heterocycles. The summed E-state index contributed by atoms with van der Waals surface area (Å²) in [5, 5.41) is 13.4. The molecule has 4 unspecified atom stereocenters. The quantitative estimate of drug-likeness (QED) is 0.457. The van der Waals surface area contributed by atoms with Gasteiger partial charge in [0.1, 0.15) is 6.54 Å². The SMILES string of the molecule is CCOC(C)OC1C[N+]([O-])(C(=O)c2ccccc2)C1c1ccccc1. The van der Waals surface area contributed by atoms with Crippen LogP contribution >= 0.6 is 0 Å². The van der Waals surface area contributed by atoms with E-state index in [0.717, 1.165) is 5.56 Å². The van der Waals surface area contributed by atoms with Crippen LogP contribution in [0.4, 0.5) is 0 Å². The van der Waals surface area contributed by atoms with Crippen molar-refractivity contribution in [3.63, 3.8) is 0 Å². The van der Waals surface area contributed by atoms with Gasteiger partial charge >= 0.3 is 5.91 Å². The Morgan fingerprint density at radius 3 is 2.36 bits per heavy atom. The molecular weight excluding hydrogens is 318 g/mol. The Bertz CT molecular complexity index is 706. The van der Waals surface area contributed by atoms with Crippen LogP contribution in [-0.4, -0.2) is 36.1 Å². The van der Waals surface area contributed by atoms with Gasteiger partial charge in [0.05, 0.1) is 5.56 Å². The summed E-state index contributed by atoms with van der Waals surface area (Å²) in [5.74, 6) is -0.432. The number of hydrogen-bond acceptors (Lipinski definition) is 4. The lowest BCUT2D eigenvalue weighted by Gasteiger charge is -2.57. The van der Waals surface area contributed by atoms with Gasteiger partial charge in [-0.3, -0.25) is 4.65 Å². The summed E-state index contributed by atoms with van der Waals surface area (Å²) < 4.78 is 10.4. The lowest BCUT2D eigenvalue weighted by Crippen LogP contribution is -2.68. The van der Waals surface area contributed by atoms with Crippen LogP contribution in [-0.2, 0) is 9.47 Å². The zero-order valence-corrected chi connectivity index (χ0v) is 14.5. The van der Waals surface area contributed by atoms with Gasteiger partial charge in [-0.25, -0.2) is 4.79 Å². The van der Waals surface area contributed by atoms with Crippen LogP contribution in [0, 0.1) is 5.21 Å². The number of rotatable bonds is 6. The number of likely N-dealkylation sites (tertiary alicyclic amines) is 1. The Balaban J connectivity index is 1.87. The Hall–Kier alpha value is -2.05. The van der Waals surface area contributed by atoms with Crippen LogP contribution in [0.25, 0.3) is 0 Å². The van der Waals surface area contributed by atoms with Crippen molar-refractivity contribution in [3.05, 3.63) is 77.0 Å². The first-order valence-electron chi connectivity index (χ1n) is 8.57. The van der Waals surface area contributed by atoms with Gasteiger partial charge in [0.15, 0.2) is 18.4 Å². The zero-order chi connectivity index (χ0) is 17.9. The number of carbonyl (C=O) groups is 1. The van der Waals surface area contributed by atoms with Crippen molar-refractivity contribution in [1.29, 1.82) is 0 Å². The van der Waals surface area contributed by atoms with E-state index in [0.29, 0.717) is 12.2 Å². The Kier molecular flexibility index (Phi) is 5.30. The van der Waals surface area contributed by atoms with Crippen molar-refractivity contribution >= 4 is 5.91 Å². The summed E-state index contributed by atoms with van der Waals surface area (Å²) in [6.45, 7) is 4.32. The molecule has 1 amide bonds. The second kappa shape index (κ2) is 7.45. The molecule has 1 fully saturated rings. The third-order valence-electron chi connectivity index (χ3n) is 4.53. The number of benzene rings is 2. The van der Waals surface area contributed by atoms with Crippen LogP contribution in [0.3, 0.4) is 0 Å². The van der Waals surface area contributed by atoms with Crippen molar-refractivity contribution in [2.75, 3.05) is 13.2 Å². The Labute approximate surface area is 148 Å². The molecule has 25 heavy (non-hydrogen) atoms. The average Bonchev–Trinajstić information content (AvgIpc) is 2.62. The fourth-order valence-electron chi connectivity index (χ4n) is 3.36. The van der Waals surface area contributed by atoms with Gasteiger partial charge in [-0.2, -0.15) is 0 Å². The molecule has 1 aliphatic heterocycles. The van der Waals surface area contributed by atoms with E-state index in [-0.39, 0.29) is 12.6 Å². The Morgan fingerprint density at radius 1 is 1.16 bits per heavy atom. The van der Waals surface area contributed by atoms with E-state index in [4.69, 9.17) is 9.47 Å². The van der Waals surface area contributed by atoms with E-state index in [1.165, 1.54) is 0 Å². The lowest BCUT2D eigenvalue weighted by atomic mass is 9.89. The minimum atomic E-state index is -0.933. The molecule has 132 valence electrons. The second-order valence-corrected chi connectivity index (χ2v) is 6.20. The van der Waals surface area contributed by atoms with Gasteiger partial charge in [-0.15, -0.1) is 0 Å². The van der Waals surface area contributed by atoms with E-state index in [1.807, 2.05) is 50.2 Å². The van der Waals surface area contributed by atoms with Gasteiger partial charge in [0, 0.05) is 12.2 Å². The van der Waals surface area contributed by atoms with Gasteiger partial charge in [-0.1, -0.05) is 48.5 Å². The van der Waals surface area contributed by atoms with Crippen LogP contribution < -0.4 is 0 Å². The molecule has 0 spiro atoms. The van der Waals surface area contributed by atoms with Gasteiger partial charge < -0.3 is 14.7 Å². The molecule has 5 nitrogen and oxygen atoms in total. The standard InChI is InChI=1S/C20H23NO4/c1-3-24-15(2)25-18-14-21(23,19(18)16-10-6-4-7-11-16)20(22)17-12-8-5-9-13-17/h4-13,15,18-19H,3,14H2,1-2H3. The fourth-order valence-corrected chi connectivity index (χ4v) is 3.36. The lowest BCUT2D eigenvalue weighted by molar-refractivity contribution is -0.891. The highest BCUT2D eigenvalue weighted by Gasteiger charge is 2.56. The van der Waals surface area contributed by atoms with E-state index >= 15 is 0 Å². The maximum absolute atomic E-state index is 13.4. The predicted molar refractivity (Wildman–Crippen MR) is 94.4 cm³/mol. The topological polar surface area (TPSA) is 58.6 Å². The summed E-state index contributed by atoms with van der Waals surface area (Å²) >= 11 is 0. The van der Waals surface area contributed by atoms with Crippen LogP contribution in [0.15, 0.2) is 60.7 Å². The highest BCUT2D eigenvalue weighted by atomic mass is 16.7. The van der Waals surface area contributed by atoms with Crippen LogP contribution in [0.5, 0.6) is 0 Å². The molecule has 1 aliphatic rings.